The molecule has 116 valence electrons. The van der Waals surface area contributed by atoms with Gasteiger partial charge in [0, 0.05) is 6.42 Å². The highest BCUT2D eigenvalue weighted by Gasteiger charge is 2.02. The highest BCUT2D eigenvalue weighted by atomic mass is 16.5. The number of cyclic esters (lactones) is 1. The van der Waals surface area contributed by atoms with Crippen LogP contribution in [0.5, 0.6) is 0 Å². The van der Waals surface area contributed by atoms with Crippen molar-refractivity contribution < 1.29 is 9.53 Å². The first-order chi connectivity index (χ1) is 9.89. The molecule has 0 bridgehead atoms. The second-order valence-electron chi connectivity index (χ2n) is 5.91. The standard InChI is InChI=1S/C18H32O2/c19-18-16-14-12-10-8-6-4-2-1-3-5-7-9-11-13-15-17-20-18/h2,4H,1,3,5-17H2/b4-2+. The van der Waals surface area contributed by atoms with Crippen LogP contribution in [-0.4, -0.2) is 12.6 Å². The first-order valence-corrected chi connectivity index (χ1v) is 8.70. The fourth-order valence-electron chi connectivity index (χ4n) is 2.63. The number of rotatable bonds is 0. The maximum Gasteiger partial charge on any atom is 0.305 e. The predicted molar refractivity (Wildman–Crippen MR) is 84.7 cm³/mol. The molecule has 0 aliphatic carbocycles. The molecule has 0 amide bonds. The molecule has 0 spiro atoms. The van der Waals surface area contributed by atoms with E-state index in [0.29, 0.717) is 13.0 Å². The molecular weight excluding hydrogens is 248 g/mol. The fraction of sp³-hybridized carbons (Fsp3) is 0.833. The normalized spacial score (nSPS) is 23.9. The molecule has 0 saturated heterocycles. The number of hydrogen-bond donors (Lipinski definition) is 0. The summed E-state index contributed by atoms with van der Waals surface area (Å²) in [4.78, 5) is 11.5. The van der Waals surface area contributed by atoms with Gasteiger partial charge in [-0.2, -0.15) is 0 Å². The molecule has 0 aromatic rings. The average molecular weight is 280 g/mol. The van der Waals surface area contributed by atoms with Gasteiger partial charge in [-0.3, -0.25) is 4.79 Å². The zero-order valence-electron chi connectivity index (χ0n) is 13.1. The van der Waals surface area contributed by atoms with Gasteiger partial charge in [0.2, 0.25) is 0 Å². The molecule has 1 rings (SSSR count). The molecule has 0 radical (unpaired) electrons. The van der Waals surface area contributed by atoms with Crippen LogP contribution in [0.4, 0.5) is 0 Å². The van der Waals surface area contributed by atoms with Gasteiger partial charge in [0.25, 0.3) is 0 Å². The quantitative estimate of drug-likeness (QED) is 0.429. The van der Waals surface area contributed by atoms with Gasteiger partial charge < -0.3 is 4.74 Å². The van der Waals surface area contributed by atoms with Crippen molar-refractivity contribution in [3.05, 3.63) is 12.2 Å². The molecule has 2 nitrogen and oxygen atoms in total. The third-order valence-electron chi connectivity index (χ3n) is 3.95. The van der Waals surface area contributed by atoms with E-state index in [-0.39, 0.29) is 5.97 Å². The summed E-state index contributed by atoms with van der Waals surface area (Å²) in [6, 6.07) is 0. The van der Waals surface area contributed by atoms with E-state index in [2.05, 4.69) is 12.2 Å². The van der Waals surface area contributed by atoms with E-state index in [0.717, 1.165) is 19.3 Å². The molecule has 1 aliphatic rings. The summed E-state index contributed by atoms with van der Waals surface area (Å²) in [6.45, 7) is 0.628. The van der Waals surface area contributed by atoms with Crippen LogP contribution in [0.1, 0.15) is 89.9 Å². The minimum absolute atomic E-state index is 0.00260. The van der Waals surface area contributed by atoms with Crippen molar-refractivity contribution in [2.24, 2.45) is 0 Å². The second-order valence-corrected chi connectivity index (χ2v) is 5.91. The number of carbonyl (C=O) groups is 1. The van der Waals surface area contributed by atoms with Crippen molar-refractivity contribution in [2.75, 3.05) is 6.61 Å². The Labute approximate surface area is 125 Å². The SMILES string of the molecule is O=C1CCCCCC/C=C/CCCCCCCCCO1. The number of hydrogen-bond acceptors (Lipinski definition) is 2. The summed E-state index contributed by atoms with van der Waals surface area (Å²) in [6.07, 6.45) is 21.3. The Balaban J connectivity index is 2.15. The summed E-state index contributed by atoms with van der Waals surface area (Å²) >= 11 is 0. The predicted octanol–water partition coefficient (Wildman–Crippen LogP) is 5.56. The maximum absolute atomic E-state index is 11.5. The van der Waals surface area contributed by atoms with Gasteiger partial charge in [0.15, 0.2) is 0 Å². The number of allylic oxidation sites excluding steroid dienone is 2. The molecule has 0 aromatic carbocycles. The van der Waals surface area contributed by atoms with Crippen LogP contribution in [0.3, 0.4) is 0 Å². The van der Waals surface area contributed by atoms with Crippen molar-refractivity contribution in [3.63, 3.8) is 0 Å². The second kappa shape index (κ2) is 13.2. The molecule has 20 heavy (non-hydrogen) atoms. The van der Waals surface area contributed by atoms with Crippen LogP contribution < -0.4 is 0 Å². The van der Waals surface area contributed by atoms with Crippen molar-refractivity contribution in [1.29, 1.82) is 0 Å². The molecule has 0 N–H and O–H groups in total. The van der Waals surface area contributed by atoms with E-state index in [4.69, 9.17) is 4.74 Å². The lowest BCUT2D eigenvalue weighted by atomic mass is 10.1. The molecule has 1 heterocycles. The van der Waals surface area contributed by atoms with Gasteiger partial charge in [0.05, 0.1) is 6.61 Å². The Hall–Kier alpha value is -0.790. The van der Waals surface area contributed by atoms with Crippen LogP contribution in [0, 0.1) is 0 Å². The van der Waals surface area contributed by atoms with E-state index in [9.17, 15) is 4.79 Å². The molecule has 0 unspecified atom stereocenters. The molecule has 0 atom stereocenters. The number of ether oxygens (including phenoxy) is 1. The van der Waals surface area contributed by atoms with Gasteiger partial charge in [-0.25, -0.2) is 0 Å². The van der Waals surface area contributed by atoms with Crippen molar-refractivity contribution in [2.45, 2.75) is 89.9 Å². The Morgan fingerprint density at radius 1 is 0.650 bits per heavy atom. The van der Waals surface area contributed by atoms with Gasteiger partial charge in [-0.1, -0.05) is 57.1 Å². The number of carbonyl (C=O) groups excluding carboxylic acids is 1. The van der Waals surface area contributed by atoms with Gasteiger partial charge in [-0.15, -0.1) is 0 Å². The van der Waals surface area contributed by atoms with E-state index >= 15 is 0 Å². The Kier molecular flexibility index (Phi) is 11.4. The fourth-order valence-corrected chi connectivity index (χ4v) is 2.63. The first kappa shape index (κ1) is 17.3. The summed E-state index contributed by atoms with van der Waals surface area (Å²) in [5.41, 5.74) is 0. The van der Waals surface area contributed by atoms with Gasteiger partial charge >= 0.3 is 5.97 Å². The van der Waals surface area contributed by atoms with E-state index < -0.39 is 0 Å². The zero-order chi connectivity index (χ0) is 14.3. The lowest BCUT2D eigenvalue weighted by molar-refractivity contribution is -0.143. The zero-order valence-corrected chi connectivity index (χ0v) is 13.1. The van der Waals surface area contributed by atoms with Crippen LogP contribution >= 0.6 is 0 Å². The smallest absolute Gasteiger partial charge is 0.305 e. The van der Waals surface area contributed by atoms with Crippen LogP contribution in [-0.2, 0) is 9.53 Å². The van der Waals surface area contributed by atoms with E-state index in [1.165, 1.54) is 64.2 Å². The van der Waals surface area contributed by atoms with Crippen molar-refractivity contribution in [3.8, 4) is 0 Å². The highest BCUT2D eigenvalue weighted by molar-refractivity contribution is 5.69. The first-order valence-electron chi connectivity index (χ1n) is 8.70. The minimum Gasteiger partial charge on any atom is -0.466 e. The van der Waals surface area contributed by atoms with Gasteiger partial charge in [-0.05, 0) is 38.5 Å². The van der Waals surface area contributed by atoms with Crippen LogP contribution in [0.2, 0.25) is 0 Å². The molecule has 1 aliphatic heterocycles. The Morgan fingerprint density at radius 2 is 1.15 bits per heavy atom. The lowest BCUT2D eigenvalue weighted by Crippen LogP contribution is -2.05. The maximum atomic E-state index is 11.5. The molecule has 0 fully saturated rings. The lowest BCUT2D eigenvalue weighted by Gasteiger charge is -2.05. The Bertz CT molecular complexity index is 258. The van der Waals surface area contributed by atoms with Gasteiger partial charge in [0.1, 0.15) is 0 Å². The van der Waals surface area contributed by atoms with E-state index in [1.807, 2.05) is 0 Å². The summed E-state index contributed by atoms with van der Waals surface area (Å²) in [7, 11) is 0. The topological polar surface area (TPSA) is 26.3 Å². The monoisotopic (exact) mass is 280 g/mol. The molecule has 0 aromatic heterocycles. The summed E-state index contributed by atoms with van der Waals surface area (Å²) in [5.74, 6) is 0.00260. The third kappa shape index (κ3) is 11.1. The summed E-state index contributed by atoms with van der Waals surface area (Å²) in [5, 5.41) is 0. The average Bonchev–Trinajstić information content (AvgIpc) is 2.45. The molecule has 0 saturated carbocycles. The molecule has 2 heteroatoms. The number of esters is 1. The van der Waals surface area contributed by atoms with Crippen molar-refractivity contribution >= 4 is 5.97 Å². The van der Waals surface area contributed by atoms with E-state index in [1.54, 1.807) is 0 Å². The third-order valence-corrected chi connectivity index (χ3v) is 3.95. The Morgan fingerprint density at radius 3 is 1.80 bits per heavy atom. The highest BCUT2D eigenvalue weighted by Crippen LogP contribution is 2.11. The van der Waals surface area contributed by atoms with Crippen LogP contribution in [0.25, 0.3) is 0 Å². The summed E-state index contributed by atoms with van der Waals surface area (Å²) < 4.78 is 5.26. The van der Waals surface area contributed by atoms with Crippen molar-refractivity contribution in [1.82, 2.24) is 0 Å². The minimum atomic E-state index is 0.00260. The largest absolute Gasteiger partial charge is 0.466 e. The molecular formula is C18H32O2. The van der Waals surface area contributed by atoms with Crippen LogP contribution in [0.15, 0.2) is 12.2 Å².